The number of halogens is 1. The lowest BCUT2D eigenvalue weighted by molar-refractivity contribution is 0.392. The Morgan fingerprint density at radius 1 is 1.28 bits per heavy atom. The number of ether oxygens (including phenoxy) is 1. The lowest BCUT2D eigenvalue weighted by Gasteiger charge is -2.38. The largest absolute Gasteiger partial charge is 0.481 e. The third-order valence-electron chi connectivity index (χ3n) is 4.12. The number of methoxy groups -OCH3 is 1. The Hall–Kier alpha value is -0.840. The van der Waals surface area contributed by atoms with Gasteiger partial charge in [0.25, 0.3) is 0 Å². The van der Waals surface area contributed by atoms with Gasteiger partial charge in [0, 0.05) is 16.9 Å². The standard InChI is InChI=1S/C13H18BrN3O/c1-8-12(15-7-16-13(8)18-2)17-10-3-4-11(17)6-9(14)5-10/h7,9-11H,3-6H2,1-2H3. The highest BCUT2D eigenvalue weighted by Gasteiger charge is 2.41. The van der Waals surface area contributed by atoms with Crippen molar-refractivity contribution in [3.63, 3.8) is 0 Å². The molecule has 2 saturated heterocycles. The van der Waals surface area contributed by atoms with E-state index in [0.717, 1.165) is 11.4 Å². The van der Waals surface area contributed by atoms with Crippen LogP contribution in [-0.2, 0) is 0 Å². The van der Waals surface area contributed by atoms with Crippen molar-refractivity contribution in [2.75, 3.05) is 12.0 Å². The minimum atomic E-state index is 0.617. The summed E-state index contributed by atoms with van der Waals surface area (Å²) in [6.07, 6.45) is 6.59. The number of hydrogen-bond donors (Lipinski definition) is 0. The van der Waals surface area contributed by atoms with E-state index in [1.807, 2.05) is 6.92 Å². The predicted octanol–water partition coefficient (Wildman–Crippen LogP) is 2.69. The first-order valence-corrected chi connectivity index (χ1v) is 7.40. The van der Waals surface area contributed by atoms with Crippen LogP contribution in [0.2, 0.25) is 0 Å². The third kappa shape index (κ3) is 1.88. The Kier molecular flexibility index (Phi) is 3.18. The zero-order valence-electron chi connectivity index (χ0n) is 10.8. The Balaban J connectivity index is 1.96. The summed E-state index contributed by atoms with van der Waals surface area (Å²) in [5.74, 6) is 1.76. The summed E-state index contributed by atoms with van der Waals surface area (Å²) < 4.78 is 5.30. The molecule has 2 aliphatic rings. The highest BCUT2D eigenvalue weighted by molar-refractivity contribution is 9.09. The average Bonchev–Trinajstić information content (AvgIpc) is 2.62. The van der Waals surface area contributed by atoms with Crippen LogP contribution in [0.5, 0.6) is 5.88 Å². The molecular weight excluding hydrogens is 294 g/mol. The molecule has 1 aromatic rings. The van der Waals surface area contributed by atoms with Crippen molar-refractivity contribution in [2.45, 2.75) is 49.5 Å². The van der Waals surface area contributed by atoms with E-state index >= 15 is 0 Å². The monoisotopic (exact) mass is 311 g/mol. The van der Waals surface area contributed by atoms with E-state index in [-0.39, 0.29) is 0 Å². The van der Waals surface area contributed by atoms with Crippen LogP contribution in [0.15, 0.2) is 6.33 Å². The van der Waals surface area contributed by atoms with Gasteiger partial charge in [-0.3, -0.25) is 0 Å². The number of fused-ring (bicyclic) bond motifs is 2. The molecule has 5 heteroatoms. The first-order valence-electron chi connectivity index (χ1n) is 6.48. The minimum absolute atomic E-state index is 0.617. The number of anilines is 1. The molecule has 0 saturated carbocycles. The van der Waals surface area contributed by atoms with Gasteiger partial charge in [-0.05, 0) is 32.6 Å². The minimum Gasteiger partial charge on any atom is -0.481 e. The summed E-state index contributed by atoms with van der Waals surface area (Å²) in [7, 11) is 1.67. The van der Waals surface area contributed by atoms with Crippen molar-refractivity contribution in [1.29, 1.82) is 0 Å². The van der Waals surface area contributed by atoms with Gasteiger partial charge in [0.05, 0.1) is 12.7 Å². The van der Waals surface area contributed by atoms with E-state index in [0.29, 0.717) is 22.8 Å². The SMILES string of the molecule is COc1ncnc(N2C3CCC2CC(Br)C3)c1C. The lowest BCUT2D eigenvalue weighted by atomic mass is 10.0. The molecule has 2 bridgehead atoms. The fraction of sp³-hybridized carbons (Fsp3) is 0.692. The Bertz CT molecular complexity index is 440. The first-order chi connectivity index (χ1) is 8.70. The summed E-state index contributed by atoms with van der Waals surface area (Å²) in [5, 5.41) is 0. The number of hydrogen-bond acceptors (Lipinski definition) is 4. The lowest BCUT2D eigenvalue weighted by Crippen LogP contribution is -2.44. The normalized spacial score (nSPS) is 30.6. The Morgan fingerprint density at radius 2 is 1.94 bits per heavy atom. The molecule has 4 nitrogen and oxygen atoms in total. The predicted molar refractivity (Wildman–Crippen MR) is 74.6 cm³/mol. The van der Waals surface area contributed by atoms with E-state index < -0.39 is 0 Å². The summed E-state index contributed by atoms with van der Waals surface area (Å²) in [4.78, 5) is 11.8. The van der Waals surface area contributed by atoms with Crippen molar-refractivity contribution in [1.82, 2.24) is 9.97 Å². The van der Waals surface area contributed by atoms with Crippen LogP contribution in [0.3, 0.4) is 0 Å². The fourth-order valence-corrected chi connectivity index (χ4v) is 4.21. The van der Waals surface area contributed by atoms with E-state index in [1.54, 1.807) is 13.4 Å². The van der Waals surface area contributed by atoms with Crippen molar-refractivity contribution in [2.24, 2.45) is 0 Å². The van der Waals surface area contributed by atoms with Crippen LogP contribution in [-0.4, -0.2) is 34.0 Å². The summed E-state index contributed by atoms with van der Waals surface area (Å²) in [6.45, 7) is 2.05. The van der Waals surface area contributed by atoms with Gasteiger partial charge >= 0.3 is 0 Å². The molecule has 3 heterocycles. The van der Waals surface area contributed by atoms with E-state index in [1.165, 1.54) is 25.7 Å². The molecule has 98 valence electrons. The number of aromatic nitrogens is 2. The topological polar surface area (TPSA) is 38.3 Å². The molecule has 0 amide bonds. The second-order valence-electron chi connectivity index (χ2n) is 5.19. The van der Waals surface area contributed by atoms with Gasteiger partial charge in [0.15, 0.2) is 0 Å². The van der Waals surface area contributed by atoms with Gasteiger partial charge in [0.1, 0.15) is 12.1 Å². The van der Waals surface area contributed by atoms with Crippen LogP contribution < -0.4 is 9.64 Å². The van der Waals surface area contributed by atoms with Crippen molar-refractivity contribution < 1.29 is 4.74 Å². The molecular formula is C13H18BrN3O. The van der Waals surface area contributed by atoms with Crippen molar-refractivity contribution in [3.8, 4) is 5.88 Å². The quantitative estimate of drug-likeness (QED) is 0.787. The molecule has 0 spiro atoms. The fourth-order valence-electron chi connectivity index (χ4n) is 3.35. The maximum Gasteiger partial charge on any atom is 0.221 e. The van der Waals surface area contributed by atoms with Gasteiger partial charge in [-0.15, -0.1) is 0 Å². The summed E-state index contributed by atoms with van der Waals surface area (Å²) in [5.41, 5.74) is 1.06. The Morgan fingerprint density at radius 3 is 2.56 bits per heavy atom. The third-order valence-corrected chi connectivity index (χ3v) is 4.87. The molecule has 1 aromatic heterocycles. The molecule has 0 radical (unpaired) electrons. The highest BCUT2D eigenvalue weighted by atomic mass is 79.9. The molecule has 3 rings (SSSR count). The highest BCUT2D eigenvalue weighted by Crippen LogP contribution is 2.42. The molecule has 18 heavy (non-hydrogen) atoms. The van der Waals surface area contributed by atoms with E-state index in [9.17, 15) is 0 Å². The van der Waals surface area contributed by atoms with Gasteiger partial charge < -0.3 is 9.64 Å². The summed E-state index contributed by atoms with van der Waals surface area (Å²) >= 11 is 3.77. The van der Waals surface area contributed by atoms with E-state index in [4.69, 9.17) is 4.74 Å². The van der Waals surface area contributed by atoms with Crippen LogP contribution in [0.4, 0.5) is 5.82 Å². The van der Waals surface area contributed by atoms with Gasteiger partial charge in [-0.25, -0.2) is 9.97 Å². The van der Waals surface area contributed by atoms with Crippen LogP contribution >= 0.6 is 15.9 Å². The number of alkyl halides is 1. The average molecular weight is 312 g/mol. The van der Waals surface area contributed by atoms with Crippen LogP contribution in [0.25, 0.3) is 0 Å². The number of piperidine rings is 1. The molecule has 2 aliphatic heterocycles. The molecule has 2 unspecified atom stereocenters. The number of rotatable bonds is 2. The molecule has 0 N–H and O–H groups in total. The first kappa shape index (κ1) is 12.2. The maximum atomic E-state index is 5.30. The van der Waals surface area contributed by atoms with Crippen LogP contribution in [0, 0.1) is 6.92 Å². The molecule has 2 fully saturated rings. The van der Waals surface area contributed by atoms with E-state index in [2.05, 4.69) is 30.8 Å². The zero-order chi connectivity index (χ0) is 12.7. The second-order valence-corrected chi connectivity index (χ2v) is 6.49. The van der Waals surface area contributed by atoms with Gasteiger partial charge in [-0.1, -0.05) is 15.9 Å². The molecule has 0 aromatic carbocycles. The maximum absolute atomic E-state index is 5.30. The summed E-state index contributed by atoms with van der Waals surface area (Å²) in [6, 6.07) is 1.23. The van der Waals surface area contributed by atoms with Gasteiger partial charge in [-0.2, -0.15) is 0 Å². The number of nitrogens with zero attached hydrogens (tertiary/aromatic N) is 3. The smallest absolute Gasteiger partial charge is 0.221 e. The zero-order valence-corrected chi connectivity index (χ0v) is 12.4. The molecule has 0 aliphatic carbocycles. The molecule has 2 atom stereocenters. The van der Waals surface area contributed by atoms with Gasteiger partial charge in [0.2, 0.25) is 5.88 Å². The van der Waals surface area contributed by atoms with Crippen molar-refractivity contribution in [3.05, 3.63) is 11.9 Å². The second kappa shape index (κ2) is 4.68. The van der Waals surface area contributed by atoms with Crippen molar-refractivity contribution >= 4 is 21.7 Å². The van der Waals surface area contributed by atoms with Crippen LogP contribution in [0.1, 0.15) is 31.2 Å². The Labute approximate surface area is 116 Å².